The van der Waals surface area contributed by atoms with Crippen molar-refractivity contribution < 1.29 is 9.13 Å². The van der Waals surface area contributed by atoms with E-state index in [0.29, 0.717) is 0 Å². The first-order valence-corrected chi connectivity index (χ1v) is 6.49. The first-order chi connectivity index (χ1) is 9.63. The number of ether oxygens (including phenoxy) is 1. The van der Waals surface area contributed by atoms with Crippen LogP contribution in [0.15, 0.2) is 42.5 Å². The second-order valence-electron chi connectivity index (χ2n) is 4.80. The van der Waals surface area contributed by atoms with E-state index in [9.17, 15) is 4.39 Å². The van der Waals surface area contributed by atoms with Gasteiger partial charge in [0.05, 0.1) is 13.2 Å². The molecule has 0 aliphatic heterocycles. The summed E-state index contributed by atoms with van der Waals surface area (Å²) in [6.45, 7) is 2.05. The molecular weight excluding hydrogens is 255 g/mol. The van der Waals surface area contributed by atoms with E-state index >= 15 is 0 Å². The molecule has 0 aliphatic rings. The van der Waals surface area contributed by atoms with Crippen molar-refractivity contribution in [3.05, 3.63) is 65.0 Å². The predicted octanol–water partition coefficient (Wildman–Crippen LogP) is 2.89. The quantitative estimate of drug-likeness (QED) is 0.651. The molecule has 2 aromatic rings. The SMILES string of the molecule is COc1cc(C(Cc2ccc(C)cc2)NN)ccc1F. The lowest BCUT2D eigenvalue weighted by atomic mass is 9.98. The molecule has 0 amide bonds. The smallest absolute Gasteiger partial charge is 0.165 e. The third kappa shape index (κ3) is 3.35. The largest absolute Gasteiger partial charge is 0.494 e. The summed E-state index contributed by atoms with van der Waals surface area (Å²) in [4.78, 5) is 0. The highest BCUT2D eigenvalue weighted by Gasteiger charge is 2.13. The van der Waals surface area contributed by atoms with Crippen LogP contribution in [0.4, 0.5) is 4.39 Å². The maximum Gasteiger partial charge on any atom is 0.165 e. The highest BCUT2D eigenvalue weighted by atomic mass is 19.1. The van der Waals surface area contributed by atoms with Gasteiger partial charge < -0.3 is 4.74 Å². The normalized spacial score (nSPS) is 12.2. The van der Waals surface area contributed by atoms with Crippen LogP contribution in [0, 0.1) is 12.7 Å². The molecule has 0 radical (unpaired) electrons. The average molecular weight is 274 g/mol. The van der Waals surface area contributed by atoms with Crippen molar-refractivity contribution >= 4 is 0 Å². The number of halogens is 1. The van der Waals surface area contributed by atoms with E-state index < -0.39 is 0 Å². The molecule has 0 saturated carbocycles. The first kappa shape index (κ1) is 14.5. The third-order valence-electron chi connectivity index (χ3n) is 3.34. The highest BCUT2D eigenvalue weighted by molar-refractivity contribution is 5.33. The minimum absolute atomic E-state index is 0.0905. The fourth-order valence-corrected chi connectivity index (χ4v) is 2.13. The zero-order valence-corrected chi connectivity index (χ0v) is 11.7. The molecule has 3 N–H and O–H groups in total. The molecule has 4 heteroatoms. The van der Waals surface area contributed by atoms with Crippen LogP contribution in [0.25, 0.3) is 0 Å². The van der Waals surface area contributed by atoms with Gasteiger partial charge in [-0.15, -0.1) is 0 Å². The number of nitrogens with two attached hydrogens (primary N) is 1. The molecule has 1 unspecified atom stereocenters. The summed E-state index contributed by atoms with van der Waals surface area (Å²) >= 11 is 0. The Balaban J connectivity index is 2.21. The summed E-state index contributed by atoms with van der Waals surface area (Å²) < 4.78 is 18.4. The van der Waals surface area contributed by atoms with E-state index in [4.69, 9.17) is 10.6 Å². The van der Waals surface area contributed by atoms with Gasteiger partial charge in [0, 0.05) is 0 Å². The molecule has 0 aliphatic carbocycles. The average Bonchev–Trinajstić information content (AvgIpc) is 2.47. The predicted molar refractivity (Wildman–Crippen MR) is 77.9 cm³/mol. The molecule has 0 fully saturated rings. The van der Waals surface area contributed by atoms with Gasteiger partial charge in [0.25, 0.3) is 0 Å². The van der Waals surface area contributed by atoms with Gasteiger partial charge in [0.15, 0.2) is 11.6 Å². The Morgan fingerprint density at radius 2 is 1.90 bits per heavy atom. The van der Waals surface area contributed by atoms with Crippen molar-refractivity contribution in [2.45, 2.75) is 19.4 Å². The minimum atomic E-state index is -0.373. The van der Waals surface area contributed by atoms with Crippen LogP contribution in [0.2, 0.25) is 0 Å². The molecule has 0 saturated heterocycles. The van der Waals surface area contributed by atoms with Crippen molar-refractivity contribution in [3.63, 3.8) is 0 Å². The molecule has 0 aromatic heterocycles. The van der Waals surface area contributed by atoms with E-state index in [2.05, 4.69) is 29.7 Å². The second kappa shape index (κ2) is 6.50. The first-order valence-electron chi connectivity index (χ1n) is 6.49. The summed E-state index contributed by atoms with van der Waals surface area (Å²) in [5, 5.41) is 0. The lowest BCUT2D eigenvalue weighted by molar-refractivity contribution is 0.384. The van der Waals surface area contributed by atoms with Crippen molar-refractivity contribution in [2.24, 2.45) is 5.84 Å². The number of hydrazine groups is 1. The molecular formula is C16H19FN2O. The van der Waals surface area contributed by atoms with Crippen molar-refractivity contribution in [1.82, 2.24) is 5.43 Å². The second-order valence-corrected chi connectivity index (χ2v) is 4.80. The van der Waals surface area contributed by atoms with Crippen molar-refractivity contribution in [3.8, 4) is 5.75 Å². The highest BCUT2D eigenvalue weighted by Crippen LogP contribution is 2.24. The van der Waals surface area contributed by atoms with Crippen molar-refractivity contribution in [2.75, 3.05) is 7.11 Å². The van der Waals surface area contributed by atoms with Gasteiger partial charge >= 0.3 is 0 Å². The number of aryl methyl sites for hydroxylation is 1. The number of methoxy groups -OCH3 is 1. The standard InChI is InChI=1S/C16H19FN2O/c1-11-3-5-12(6-4-11)9-15(19-18)13-7-8-14(17)16(10-13)20-2/h3-8,10,15,19H,9,18H2,1-2H3. The molecule has 0 heterocycles. The van der Waals surface area contributed by atoms with Crippen LogP contribution in [0.3, 0.4) is 0 Å². The maximum atomic E-state index is 13.4. The van der Waals surface area contributed by atoms with Gasteiger partial charge in [0.2, 0.25) is 0 Å². The summed E-state index contributed by atoms with van der Waals surface area (Å²) in [6.07, 6.45) is 0.728. The lowest BCUT2D eigenvalue weighted by Crippen LogP contribution is -2.29. The van der Waals surface area contributed by atoms with E-state index in [1.165, 1.54) is 24.3 Å². The van der Waals surface area contributed by atoms with Crippen LogP contribution in [-0.4, -0.2) is 7.11 Å². The fraction of sp³-hybridized carbons (Fsp3) is 0.250. The summed E-state index contributed by atoms with van der Waals surface area (Å²) in [5.74, 6) is 5.48. The van der Waals surface area contributed by atoms with Crippen LogP contribution in [0.1, 0.15) is 22.7 Å². The number of hydrogen-bond acceptors (Lipinski definition) is 3. The molecule has 3 nitrogen and oxygen atoms in total. The molecule has 2 rings (SSSR count). The molecule has 1 atom stereocenters. The topological polar surface area (TPSA) is 47.3 Å². The Morgan fingerprint density at radius 1 is 1.20 bits per heavy atom. The Hall–Kier alpha value is -1.91. The Morgan fingerprint density at radius 3 is 2.50 bits per heavy atom. The van der Waals surface area contributed by atoms with Crippen LogP contribution in [0.5, 0.6) is 5.75 Å². The molecule has 106 valence electrons. The fourth-order valence-electron chi connectivity index (χ4n) is 2.13. The Labute approximate surface area is 118 Å². The van der Waals surface area contributed by atoms with E-state index in [1.54, 1.807) is 12.1 Å². The van der Waals surface area contributed by atoms with E-state index in [-0.39, 0.29) is 17.6 Å². The van der Waals surface area contributed by atoms with E-state index in [0.717, 1.165) is 12.0 Å². The number of benzene rings is 2. The van der Waals surface area contributed by atoms with Gasteiger partial charge in [-0.3, -0.25) is 11.3 Å². The van der Waals surface area contributed by atoms with Crippen LogP contribution in [-0.2, 0) is 6.42 Å². The lowest BCUT2D eigenvalue weighted by Gasteiger charge is -2.17. The molecule has 0 spiro atoms. The van der Waals surface area contributed by atoms with Crippen molar-refractivity contribution in [1.29, 1.82) is 0 Å². The van der Waals surface area contributed by atoms with Crippen LogP contribution >= 0.6 is 0 Å². The van der Waals surface area contributed by atoms with Gasteiger partial charge in [-0.25, -0.2) is 4.39 Å². The van der Waals surface area contributed by atoms with Gasteiger partial charge in [0.1, 0.15) is 0 Å². The molecule has 20 heavy (non-hydrogen) atoms. The maximum absolute atomic E-state index is 13.4. The number of rotatable bonds is 5. The zero-order chi connectivity index (χ0) is 14.5. The van der Waals surface area contributed by atoms with Gasteiger partial charge in [-0.05, 0) is 36.6 Å². The summed E-state index contributed by atoms with van der Waals surface area (Å²) in [5.41, 5.74) is 6.05. The Bertz CT molecular complexity index is 569. The Kier molecular flexibility index (Phi) is 4.71. The van der Waals surface area contributed by atoms with Crippen LogP contribution < -0.4 is 16.0 Å². The summed E-state index contributed by atoms with van der Waals surface area (Å²) in [6, 6.07) is 13.0. The van der Waals surface area contributed by atoms with Gasteiger partial charge in [-0.1, -0.05) is 35.9 Å². The third-order valence-corrected chi connectivity index (χ3v) is 3.34. The summed E-state index contributed by atoms with van der Waals surface area (Å²) in [7, 11) is 1.45. The molecule has 0 bridgehead atoms. The molecule has 2 aromatic carbocycles. The number of hydrogen-bond donors (Lipinski definition) is 2. The monoisotopic (exact) mass is 274 g/mol. The zero-order valence-electron chi connectivity index (χ0n) is 11.7. The minimum Gasteiger partial charge on any atom is -0.494 e. The van der Waals surface area contributed by atoms with E-state index in [1.807, 2.05) is 6.92 Å². The van der Waals surface area contributed by atoms with Gasteiger partial charge in [-0.2, -0.15) is 0 Å². The number of nitrogens with one attached hydrogen (secondary N) is 1.